The number of piperidine rings is 1. The number of likely N-dealkylation sites (tertiary alicyclic amines) is 1. The first-order valence-electron chi connectivity index (χ1n) is 14.3. The number of methoxy groups -OCH3 is 1. The van der Waals surface area contributed by atoms with Crippen molar-refractivity contribution in [2.45, 2.75) is 88.4 Å². The third-order valence-electron chi connectivity index (χ3n) is 8.46. The number of likely N-dealkylation sites (N-methyl/N-ethyl adjacent to an activating group) is 1. The van der Waals surface area contributed by atoms with E-state index in [9.17, 15) is 23.8 Å². The van der Waals surface area contributed by atoms with Crippen molar-refractivity contribution in [3.8, 4) is 0 Å². The Morgan fingerprint density at radius 1 is 1.18 bits per heavy atom. The lowest BCUT2D eigenvalue weighted by Crippen LogP contribution is -2.55. The van der Waals surface area contributed by atoms with Crippen molar-refractivity contribution in [1.29, 1.82) is 0 Å². The first-order chi connectivity index (χ1) is 18.3. The van der Waals surface area contributed by atoms with Crippen molar-refractivity contribution in [3.05, 3.63) is 35.4 Å². The molecular weight excluding hydrogens is 492 g/mol. The number of aliphatic hydroxyl groups excluding tert-OH is 1. The van der Waals surface area contributed by atoms with E-state index in [-0.39, 0.29) is 30.6 Å². The van der Waals surface area contributed by atoms with Crippen LogP contribution >= 0.6 is 0 Å². The Morgan fingerprint density at radius 3 is 2.66 bits per heavy atom. The van der Waals surface area contributed by atoms with Crippen molar-refractivity contribution in [3.63, 3.8) is 0 Å². The van der Waals surface area contributed by atoms with Gasteiger partial charge in [-0.1, -0.05) is 44.2 Å². The zero-order valence-corrected chi connectivity index (χ0v) is 23.1. The second kappa shape index (κ2) is 15.1. The highest BCUT2D eigenvalue weighted by Crippen LogP contribution is 2.41. The average Bonchev–Trinajstić information content (AvgIpc) is 2.93. The van der Waals surface area contributed by atoms with Crippen LogP contribution in [0.15, 0.2) is 18.2 Å². The summed E-state index contributed by atoms with van der Waals surface area (Å²) in [6, 6.07) is 3.25. The van der Waals surface area contributed by atoms with Crippen LogP contribution in [0.5, 0.6) is 0 Å². The van der Waals surface area contributed by atoms with Gasteiger partial charge in [-0.15, -0.1) is 0 Å². The first kappa shape index (κ1) is 30.7. The molecule has 1 saturated carbocycles. The zero-order chi connectivity index (χ0) is 27.5. The summed E-state index contributed by atoms with van der Waals surface area (Å²) in [7, 11) is 3.38. The monoisotopic (exact) mass is 539 g/mol. The van der Waals surface area contributed by atoms with E-state index in [0.29, 0.717) is 51.3 Å². The fraction of sp³-hybridized carbons (Fsp3) is 0.759. The van der Waals surface area contributed by atoms with Crippen molar-refractivity contribution in [2.75, 3.05) is 40.4 Å². The van der Waals surface area contributed by atoms with Crippen LogP contribution in [0, 0.1) is 23.5 Å². The predicted molar refractivity (Wildman–Crippen MR) is 144 cm³/mol. The van der Waals surface area contributed by atoms with Crippen LogP contribution in [0.2, 0.25) is 0 Å². The van der Waals surface area contributed by atoms with Crippen LogP contribution in [-0.2, 0) is 10.3 Å². The predicted octanol–water partition coefficient (Wildman–Crippen LogP) is 4.31. The smallest absolute Gasteiger partial charge is 0.317 e. The summed E-state index contributed by atoms with van der Waals surface area (Å²) >= 11 is 0. The van der Waals surface area contributed by atoms with Crippen molar-refractivity contribution >= 4 is 6.03 Å². The molecule has 1 aromatic carbocycles. The summed E-state index contributed by atoms with van der Waals surface area (Å²) in [5, 5.41) is 28.8. The molecule has 1 aliphatic carbocycles. The fourth-order valence-electron chi connectivity index (χ4n) is 6.28. The number of nitrogens with zero attached hydrogens (tertiary/aromatic N) is 1. The SMILES string of the molecule is CNC[C@@H](O)[C@H](CC1CCCCC1)NC(=O)N1CCC[C@@H]([C@@](O)(CCCCOC)c2cccc(F)c2F)C1. The number of halogens is 2. The Labute approximate surface area is 226 Å². The standard InChI is InChI=1S/C29H47F2N3O4/c1-32-19-26(35)25(18-21-10-4-3-5-11-21)33-28(36)34-16-9-12-22(20-34)29(37,15-6-7-17-38-2)23-13-8-14-24(30)27(23)31/h8,13-14,21-22,25-26,32,35,37H,3-7,9-12,15-20H2,1-2H3,(H,33,36)/t22-,25+,26-,29+/m1/s1. The van der Waals surface area contributed by atoms with Gasteiger partial charge in [-0.25, -0.2) is 13.6 Å². The molecule has 0 spiro atoms. The molecule has 0 bridgehead atoms. The Morgan fingerprint density at radius 2 is 1.95 bits per heavy atom. The molecule has 216 valence electrons. The number of ether oxygens (including phenoxy) is 1. The molecule has 1 aromatic rings. The lowest BCUT2D eigenvalue weighted by atomic mass is 9.74. The molecule has 4 N–H and O–H groups in total. The van der Waals surface area contributed by atoms with Crippen LogP contribution in [0.4, 0.5) is 13.6 Å². The highest BCUT2D eigenvalue weighted by molar-refractivity contribution is 5.74. The van der Waals surface area contributed by atoms with Crippen LogP contribution in [0.3, 0.4) is 0 Å². The van der Waals surface area contributed by atoms with Gasteiger partial charge in [0.25, 0.3) is 0 Å². The van der Waals surface area contributed by atoms with E-state index < -0.39 is 29.3 Å². The molecule has 2 aliphatic rings. The molecule has 3 rings (SSSR count). The molecule has 0 aromatic heterocycles. The van der Waals surface area contributed by atoms with Gasteiger partial charge in [0, 0.05) is 44.8 Å². The molecule has 4 atom stereocenters. The average molecular weight is 540 g/mol. The highest BCUT2D eigenvalue weighted by atomic mass is 19.2. The number of unbranched alkanes of at least 4 members (excludes halogenated alkanes) is 1. The summed E-state index contributed by atoms with van der Waals surface area (Å²) in [4.78, 5) is 15.1. The first-order valence-corrected chi connectivity index (χ1v) is 14.3. The largest absolute Gasteiger partial charge is 0.390 e. The van der Waals surface area contributed by atoms with E-state index in [1.165, 1.54) is 31.4 Å². The molecule has 0 radical (unpaired) electrons. The Hall–Kier alpha value is -1.81. The molecule has 7 nitrogen and oxygen atoms in total. The van der Waals surface area contributed by atoms with Gasteiger partial charge in [-0.3, -0.25) is 0 Å². The third kappa shape index (κ3) is 8.10. The number of benzene rings is 1. The van der Waals surface area contributed by atoms with E-state index in [0.717, 1.165) is 25.3 Å². The second-order valence-electron chi connectivity index (χ2n) is 11.2. The van der Waals surface area contributed by atoms with Crippen LogP contribution in [0.25, 0.3) is 0 Å². The van der Waals surface area contributed by atoms with E-state index >= 15 is 0 Å². The minimum absolute atomic E-state index is 0.0539. The van der Waals surface area contributed by atoms with Crippen molar-refractivity contribution < 1.29 is 28.5 Å². The minimum Gasteiger partial charge on any atom is -0.390 e. The summed E-state index contributed by atoms with van der Waals surface area (Å²) in [5.74, 6) is -2.01. The Balaban J connectivity index is 1.75. The Kier molecular flexibility index (Phi) is 12.2. The lowest BCUT2D eigenvalue weighted by Gasteiger charge is -2.43. The van der Waals surface area contributed by atoms with Gasteiger partial charge in [0.1, 0.15) is 0 Å². The molecule has 9 heteroatoms. The molecule has 2 fully saturated rings. The number of carbonyl (C=O) groups is 1. The number of urea groups is 1. The zero-order valence-electron chi connectivity index (χ0n) is 23.1. The van der Waals surface area contributed by atoms with E-state index in [1.54, 1.807) is 19.1 Å². The van der Waals surface area contributed by atoms with Gasteiger partial charge >= 0.3 is 6.03 Å². The normalized spacial score (nSPS) is 22.1. The molecule has 1 aliphatic heterocycles. The highest BCUT2D eigenvalue weighted by Gasteiger charge is 2.43. The second-order valence-corrected chi connectivity index (χ2v) is 11.2. The van der Waals surface area contributed by atoms with Gasteiger partial charge in [0.05, 0.1) is 17.7 Å². The van der Waals surface area contributed by atoms with Gasteiger partial charge < -0.3 is 30.5 Å². The topological polar surface area (TPSA) is 94.1 Å². The maximum absolute atomic E-state index is 15.0. The lowest BCUT2D eigenvalue weighted by molar-refractivity contribution is -0.0593. The van der Waals surface area contributed by atoms with Gasteiger partial charge in [-0.05, 0) is 57.6 Å². The molecule has 2 amide bonds. The summed E-state index contributed by atoms with van der Waals surface area (Å²) in [5.41, 5.74) is -1.67. The number of rotatable bonds is 13. The van der Waals surface area contributed by atoms with Gasteiger partial charge in [-0.2, -0.15) is 0 Å². The molecular formula is C29H47F2N3O4. The number of carbonyl (C=O) groups excluding carboxylic acids is 1. The summed E-state index contributed by atoms with van der Waals surface area (Å²) < 4.78 is 34.3. The number of hydrogen-bond donors (Lipinski definition) is 4. The maximum atomic E-state index is 15.0. The third-order valence-corrected chi connectivity index (χ3v) is 8.46. The molecule has 38 heavy (non-hydrogen) atoms. The van der Waals surface area contributed by atoms with Crippen molar-refractivity contribution in [1.82, 2.24) is 15.5 Å². The number of hydrogen-bond acceptors (Lipinski definition) is 5. The summed E-state index contributed by atoms with van der Waals surface area (Å²) in [6.45, 7) is 1.62. The molecule has 0 unspecified atom stereocenters. The van der Waals surface area contributed by atoms with Gasteiger partial charge in [0.15, 0.2) is 11.6 Å². The van der Waals surface area contributed by atoms with Crippen LogP contribution < -0.4 is 10.6 Å². The van der Waals surface area contributed by atoms with E-state index in [2.05, 4.69) is 10.6 Å². The van der Waals surface area contributed by atoms with E-state index in [1.807, 2.05) is 0 Å². The number of aliphatic hydroxyl groups is 2. The summed E-state index contributed by atoms with van der Waals surface area (Å²) in [6.07, 6.45) is 8.55. The Bertz CT molecular complexity index is 870. The quantitative estimate of drug-likeness (QED) is 0.280. The van der Waals surface area contributed by atoms with Crippen LogP contribution in [0.1, 0.15) is 76.2 Å². The molecule has 1 heterocycles. The number of amides is 2. The minimum atomic E-state index is -1.62. The van der Waals surface area contributed by atoms with Crippen molar-refractivity contribution in [2.24, 2.45) is 11.8 Å². The fourth-order valence-corrected chi connectivity index (χ4v) is 6.28. The van der Waals surface area contributed by atoms with Gasteiger partial charge in [0.2, 0.25) is 0 Å². The maximum Gasteiger partial charge on any atom is 0.317 e. The van der Waals surface area contributed by atoms with E-state index in [4.69, 9.17) is 4.74 Å². The molecule has 1 saturated heterocycles. The number of nitrogens with one attached hydrogen (secondary N) is 2. The van der Waals surface area contributed by atoms with Crippen LogP contribution in [-0.4, -0.2) is 73.7 Å².